The Labute approximate surface area is 119 Å². The van der Waals surface area contributed by atoms with Gasteiger partial charge in [0.05, 0.1) is 0 Å². The maximum atomic E-state index is 13.0. The van der Waals surface area contributed by atoms with E-state index in [0.29, 0.717) is 5.92 Å². The van der Waals surface area contributed by atoms with Crippen LogP contribution in [-0.4, -0.2) is 24.0 Å². The van der Waals surface area contributed by atoms with Gasteiger partial charge in [-0.1, -0.05) is 42.5 Å². The highest BCUT2D eigenvalue weighted by atomic mass is 19.1. The van der Waals surface area contributed by atoms with E-state index in [0.717, 1.165) is 25.2 Å². The number of hydrogen-bond acceptors (Lipinski definition) is 2. The van der Waals surface area contributed by atoms with Crippen molar-refractivity contribution in [1.82, 2.24) is 4.90 Å². The minimum Gasteiger partial charge on any atom is -0.326 e. The fraction of sp³-hybridized carbons (Fsp3) is 0.294. The van der Waals surface area contributed by atoms with E-state index in [2.05, 4.69) is 29.2 Å². The minimum absolute atomic E-state index is 0.115. The van der Waals surface area contributed by atoms with Crippen LogP contribution in [0, 0.1) is 5.82 Å². The second-order valence-corrected chi connectivity index (χ2v) is 5.50. The predicted molar refractivity (Wildman–Crippen MR) is 78.8 cm³/mol. The van der Waals surface area contributed by atoms with Gasteiger partial charge in [0.15, 0.2) is 0 Å². The molecule has 2 atom stereocenters. The van der Waals surface area contributed by atoms with Crippen molar-refractivity contribution in [3.8, 4) is 0 Å². The summed E-state index contributed by atoms with van der Waals surface area (Å²) in [6.45, 7) is 2.74. The highest BCUT2D eigenvalue weighted by Crippen LogP contribution is 2.27. The van der Waals surface area contributed by atoms with Crippen LogP contribution < -0.4 is 5.73 Å². The van der Waals surface area contributed by atoms with Crippen molar-refractivity contribution in [3.05, 3.63) is 71.5 Å². The second-order valence-electron chi connectivity index (χ2n) is 5.50. The zero-order valence-corrected chi connectivity index (χ0v) is 11.4. The maximum absolute atomic E-state index is 13.0. The molecule has 1 aliphatic rings. The number of halogens is 1. The molecule has 0 saturated carbocycles. The van der Waals surface area contributed by atoms with Crippen molar-refractivity contribution >= 4 is 0 Å². The third-order valence-corrected chi connectivity index (χ3v) is 3.99. The summed E-state index contributed by atoms with van der Waals surface area (Å²) in [6, 6.07) is 17.3. The number of likely N-dealkylation sites (tertiary alicyclic amines) is 1. The molecule has 1 saturated heterocycles. The fourth-order valence-electron chi connectivity index (χ4n) is 2.95. The minimum atomic E-state index is -0.193. The van der Waals surface area contributed by atoms with Crippen LogP contribution in [0.1, 0.15) is 17.0 Å². The second kappa shape index (κ2) is 5.73. The summed E-state index contributed by atoms with van der Waals surface area (Å²) >= 11 is 0. The van der Waals surface area contributed by atoms with Crippen molar-refractivity contribution in [3.63, 3.8) is 0 Å². The first-order valence-electron chi connectivity index (χ1n) is 7.00. The Bertz CT molecular complexity index is 553. The summed E-state index contributed by atoms with van der Waals surface area (Å²) in [5.41, 5.74) is 8.70. The van der Waals surface area contributed by atoms with Crippen molar-refractivity contribution in [2.24, 2.45) is 5.73 Å². The van der Waals surface area contributed by atoms with Gasteiger partial charge in [0.25, 0.3) is 0 Å². The van der Waals surface area contributed by atoms with Gasteiger partial charge in [-0.05, 0) is 23.3 Å². The third kappa shape index (κ3) is 2.89. The topological polar surface area (TPSA) is 29.3 Å². The van der Waals surface area contributed by atoms with E-state index in [1.54, 1.807) is 0 Å². The van der Waals surface area contributed by atoms with E-state index in [4.69, 9.17) is 5.73 Å². The summed E-state index contributed by atoms with van der Waals surface area (Å²) < 4.78 is 13.0. The van der Waals surface area contributed by atoms with Gasteiger partial charge in [-0.2, -0.15) is 0 Å². The van der Waals surface area contributed by atoms with E-state index < -0.39 is 0 Å². The van der Waals surface area contributed by atoms with E-state index >= 15 is 0 Å². The molecule has 0 spiro atoms. The van der Waals surface area contributed by atoms with Crippen LogP contribution in [-0.2, 0) is 6.54 Å². The lowest BCUT2D eigenvalue weighted by molar-refractivity contribution is 0.324. The first kappa shape index (κ1) is 13.3. The highest BCUT2D eigenvalue weighted by Gasteiger charge is 2.31. The van der Waals surface area contributed by atoms with Crippen LogP contribution in [0.25, 0.3) is 0 Å². The summed E-state index contributed by atoms with van der Waals surface area (Å²) in [5, 5.41) is 0. The lowest BCUT2D eigenvalue weighted by Gasteiger charge is -2.16. The van der Waals surface area contributed by atoms with Gasteiger partial charge in [-0.15, -0.1) is 0 Å². The first-order chi connectivity index (χ1) is 9.72. The van der Waals surface area contributed by atoms with Crippen molar-refractivity contribution in [2.75, 3.05) is 13.1 Å². The van der Waals surface area contributed by atoms with Gasteiger partial charge in [-0.25, -0.2) is 4.39 Å². The predicted octanol–water partition coefficient (Wildman–Crippen LogP) is 2.75. The molecule has 2 aromatic carbocycles. The van der Waals surface area contributed by atoms with Gasteiger partial charge < -0.3 is 5.73 Å². The Morgan fingerprint density at radius 2 is 1.70 bits per heavy atom. The lowest BCUT2D eigenvalue weighted by Crippen LogP contribution is -2.28. The number of rotatable bonds is 3. The maximum Gasteiger partial charge on any atom is 0.123 e. The Morgan fingerprint density at radius 3 is 2.40 bits per heavy atom. The standard InChI is InChI=1S/C17H19FN2/c18-15-8-6-14(7-9-15)16-11-20(12-17(16)19)10-13-4-2-1-3-5-13/h1-9,16-17H,10-12,19H2. The zero-order chi connectivity index (χ0) is 13.9. The molecular formula is C17H19FN2. The summed E-state index contributed by atoms with van der Waals surface area (Å²) in [5.74, 6) is 0.0979. The zero-order valence-electron chi connectivity index (χ0n) is 11.4. The molecule has 104 valence electrons. The number of hydrogen-bond donors (Lipinski definition) is 1. The quantitative estimate of drug-likeness (QED) is 0.929. The number of nitrogens with zero attached hydrogens (tertiary/aromatic N) is 1. The van der Waals surface area contributed by atoms with Gasteiger partial charge in [0, 0.05) is 31.6 Å². The van der Waals surface area contributed by atoms with Crippen molar-refractivity contribution in [1.29, 1.82) is 0 Å². The molecule has 0 aliphatic carbocycles. The molecule has 2 unspecified atom stereocenters. The lowest BCUT2D eigenvalue weighted by atomic mass is 9.95. The Kier molecular flexibility index (Phi) is 3.81. The van der Waals surface area contributed by atoms with Crippen LogP contribution in [0.3, 0.4) is 0 Å². The molecule has 1 fully saturated rings. The van der Waals surface area contributed by atoms with Crippen LogP contribution in [0.4, 0.5) is 4.39 Å². The van der Waals surface area contributed by atoms with Gasteiger partial charge >= 0.3 is 0 Å². The fourth-order valence-corrected chi connectivity index (χ4v) is 2.95. The van der Waals surface area contributed by atoms with Crippen molar-refractivity contribution < 1.29 is 4.39 Å². The molecule has 3 rings (SSSR count). The monoisotopic (exact) mass is 270 g/mol. The highest BCUT2D eigenvalue weighted by molar-refractivity contribution is 5.24. The van der Waals surface area contributed by atoms with Crippen LogP contribution in [0.15, 0.2) is 54.6 Å². The summed E-state index contributed by atoms with van der Waals surface area (Å²) in [7, 11) is 0. The van der Waals surface area contributed by atoms with Crippen LogP contribution >= 0.6 is 0 Å². The van der Waals surface area contributed by atoms with Gasteiger partial charge in [0.1, 0.15) is 5.82 Å². The third-order valence-electron chi connectivity index (χ3n) is 3.99. The molecule has 0 aromatic heterocycles. The van der Waals surface area contributed by atoms with Gasteiger partial charge in [-0.3, -0.25) is 4.90 Å². The van der Waals surface area contributed by atoms with Gasteiger partial charge in [0.2, 0.25) is 0 Å². The van der Waals surface area contributed by atoms with E-state index in [1.807, 2.05) is 18.2 Å². The molecule has 20 heavy (non-hydrogen) atoms. The summed E-state index contributed by atoms with van der Waals surface area (Å²) in [4.78, 5) is 2.37. The van der Waals surface area contributed by atoms with Crippen molar-refractivity contribution in [2.45, 2.75) is 18.5 Å². The average Bonchev–Trinajstić information content (AvgIpc) is 2.81. The molecular weight excluding hydrogens is 251 g/mol. The molecule has 2 N–H and O–H groups in total. The van der Waals surface area contributed by atoms with E-state index in [9.17, 15) is 4.39 Å². The Morgan fingerprint density at radius 1 is 1.00 bits per heavy atom. The summed E-state index contributed by atoms with van der Waals surface area (Å²) in [6.07, 6.45) is 0. The number of benzene rings is 2. The number of nitrogens with two attached hydrogens (primary N) is 1. The molecule has 2 nitrogen and oxygen atoms in total. The van der Waals surface area contributed by atoms with Crippen LogP contribution in [0.5, 0.6) is 0 Å². The average molecular weight is 270 g/mol. The molecule has 1 heterocycles. The smallest absolute Gasteiger partial charge is 0.123 e. The normalized spacial score (nSPS) is 23.1. The molecule has 0 radical (unpaired) electrons. The Hall–Kier alpha value is -1.71. The SMILES string of the molecule is NC1CN(Cc2ccccc2)CC1c1ccc(F)cc1. The largest absolute Gasteiger partial charge is 0.326 e. The molecule has 0 amide bonds. The molecule has 3 heteroatoms. The first-order valence-corrected chi connectivity index (χ1v) is 7.00. The Balaban J connectivity index is 1.69. The molecule has 1 aliphatic heterocycles. The molecule has 0 bridgehead atoms. The van der Waals surface area contributed by atoms with Crippen LogP contribution in [0.2, 0.25) is 0 Å². The molecule has 2 aromatic rings. The van der Waals surface area contributed by atoms with E-state index in [1.165, 1.54) is 17.7 Å². The van der Waals surface area contributed by atoms with E-state index in [-0.39, 0.29) is 11.9 Å².